The standard InChI is InChI=1S/C18H30N5O6P.C9H19N2O2P/c1-7-12(29-10-30(27-5)28-6)8-13(26-4)23-9-19-14-15(23)20-18(22-17(14)25)21-16(24)11(2)3;1-8(2)11(9(3)4)14(12)13-7-5-6-10/h9,11-13H,7-8,10H2,1-6H3,(H2,20,21,22,24,25);8-9,12H,5,7H2,1-4H3/t12-,13?;/m1./s1. The van der Waals surface area contributed by atoms with Crippen LogP contribution in [0.2, 0.25) is 0 Å². The molecule has 250 valence electrons. The number of nitrogens with zero attached hydrogens (tertiary/aromatic N) is 5. The van der Waals surface area contributed by atoms with E-state index >= 15 is 0 Å². The van der Waals surface area contributed by atoms with Gasteiger partial charge in [-0.2, -0.15) is 10.2 Å². The maximum Gasteiger partial charge on any atom is 0.280 e. The van der Waals surface area contributed by atoms with Crippen molar-refractivity contribution in [3.63, 3.8) is 0 Å². The van der Waals surface area contributed by atoms with Gasteiger partial charge in [0.2, 0.25) is 11.9 Å². The summed E-state index contributed by atoms with van der Waals surface area (Å²) in [6, 6.07) is 2.46. The zero-order valence-corrected chi connectivity index (χ0v) is 29.2. The molecule has 0 spiro atoms. The van der Waals surface area contributed by atoms with Crippen LogP contribution in [-0.2, 0) is 27.8 Å². The van der Waals surface area contributed by atoms with E-state index in [4.69, 9.17) is 28.3 Å². The first-order valence-corrected chi connectivity index (χ1v) is 16.9. The lowest BCUT2D eigenvalue weighted by atomic mass is 10.2. The van der Waals surface area contributed by atoms with Crippen molar-refractivity contribution in [2.24, 2.45) is 5.92 Å². The van der Waals surface area contributed by atoms with E-state index in [9.17, 15) is 14.5 Å². The number of carbonyl (C=O) groups excluding carboxylic acids is 1. The highest BCUT2D eigenvalue weighted by Gasteiger charge is 2.24. The van der Waals surface area contributed by atoms with Gasteiger partial charge in [0.15, 0.2) is 19.5 Å². The molecule has 0 aliphatic rings. The molecule has 2 unspecified atom stereocenters. The predicted molar refractivity (Wildman–Crippen MR) is 171 cm³/mol. The Kier molecular flexibility index (Phi) is 18.9. The molecule has 2 aromatic rings. The van der Waals surface area contributed by atoms with Crippen LogP contribution in [0.15, 0.2) is 11.1 Å². The summed E-state index contributed by atoms with van der Waals surface area (Å²) in [6.45, 7) is 13.9. The third-order valence-corrected chi connectivity index (χ3v) is 9.11. The normalized spacial score (nSPS) is 13.8. The Labute approximate surface area is 262 Å². The zero-order valence-electron chi connectivity index (χ0n) is 27.4. The van der Waals surface area contributed by atoms with Crippen LogP contribution in [0.3, 0.4) is 0 Å². The van der Waals surface area contributed by atoms with Crippen molar-refractivity contribution in [1.29, 1.82) is 5.26 Å². The quantitative estimate of drug-likeness (QED) is 0.146. The zero-order chi connectivity index (χ0) is 33.4. The maximum atomic E-state index is 12.4. The third-order valence-electron chi connectivity index (χ3n) is 6.20. The molecule has 0 saturated carbocycles. The molecule has 44 heavy (non-hydrogen) atoms. The van der Waals surface area contributed by atoms with E-state index < -0.39 is 28.7 Å². The average Bonchev–Trinajstić information content (AvgIpc) is 3.39. The average molecular weight is 662 g/mol. The summed E-state index contributed by atoms with van der Waals surface area (Å²) in [7, 11) is 2.07. The van der Waals surface area contributed by atoms with Crippen molar-refractivity contribution >= 4 is 39.9 Å². The molecule has 1 amide bonds. The van der Waals surface area contributed by atoms with Crippen LogP contribution in [-0.4, -0.2) is 87.5 Å². The van der Waals surface area contributed by atoms with Crippen LogP contribution in [0.1, 0.15) is 74.0 Å². The highest BCUT2D eigenvalue weighted by Crippen LogP contribution is 2.40. The molecule has 0 aliphatic heterocycles. The number of fused-ring (bicyclic) bond motifs is 1. The Morgan fingerprint density at radius 2 is 1.82 bits per heavy atom. The molecule has 0 aliphatic carbocycles. The number of aromatic nitrogens is 4. The lowest BCUT2D eigenvalue weighted by molar-refractivity contribution is -0.118. The summed E-state index contributed by atoms with van der Waals surface area (Å²) in [5, 5.41) is 10.9. The molecule has 3 N–H and O–H groups in total. The van der Waals surface area contributed by atoms with Crippen LogP contribution in [0, 0.1) is 17.2 Å². The van der Waals surface area contributed by atoms with E-state index in [1.165, 1.54) is 6.33 Å². The SMILES string of the molecule is CC(C)N(C(C)C)P(O)OCCC#N.CC[C@H](CC(OC)n1cnc2c(=O)[nH]c(NC(=O)C(C)C)nc21)OCP(OC)OC. The number of nitriles is 1. The van der Waals surface area contributed by atoms with Crippen LogP contribution in [0.5, 0.6) is 0 Å². The Morgan fingerprint density at radius 3 is 2.32 bits per heavy atom. The smallest absolute Gasteiger partial charge is 0.280 e. The van der Waals surface area contributed by atoms with Gasteiger partial charge in [0, 0.05) is 45.8 Å². The van der Waals surface area contributed by atoms with Crippen molar-refractivity contribution < 1.29 is 32.7 Å². The van der Waals surface area contributed by atoms with E-state index in [-0.39, 0.29) is 41.5 Å². The number of nitrogens with one attached hydrogen (secondary N) is 2. The molecule has 15 nitrogen and oxygen atoms in total. The molecule has 0 aromatic carbocycles. The van der Waals surface area contributed by atoms with E-state index in [0.29, 0.717) is 31.4 Å². The van der Waals surface area contributed by atoms with Gasteiger partial charge >= 0.3 is 0 Å². The molecule has 0 radical (unpaired) electrons. The molecule has 17 heteroatoms. The monoisotopic (exact) mass is 661 g/mol. The van der Waals surface area contributed by atoms with Gasteiger partial charge < -0.3 is 27.9 Å². The Hall–Kier alpha value is -2.11. The number of H-pyrrole nitrogens is 1. The summed E-state index contributed by atoms with van der Waals surface area (Å²) in [5.74, 6) is -0.439. The van der Waals surface area contributed by atoms with Crippen LogP contribution in [0.25, 0.3) is 11.2 Å². The van der Waals surface area contributed by atoms with Crippen molar-refractivity contribution in [2.75, 3.05) is 39.6 Å². The maximum absolute atomic E-state index is 12.4. The van der Waals surface area contributed by atoms with Gasteiger partial charge in [0.05, 0.1) is 31.5 Å². The molecule has 0 saturated heterocycles. The summed E-state index contributed by atoms with van der Waals surface area (Å²) in [4.78, 5) is 45.2. The highest BCUT2D eigenvalue weighted by atomic mass is 31.2. The number of carbonyl (C=O) groups is 1. The lowest BCUT2D eigenvalue weighted by Gasteiger charge is -2.32. The van der Waals surface area contributed by atoms with E-state index in [2.05, 4.69) is 20.3 Å². The van der Waals surface area contributed by atoms with Crippen molar-refractivity contribution in [3.8, 4) is 6.07 Å². The van der Waals surface area contributed by atoms with Crippen LogP contribution in [0.4, 0.5) is 5.95 Å². The molecule has 2 rings (SSSR count). The van der Waals surface area contributed by atoms with Gasteiger partial charge in [0.1, 0.15) is 12.6 Å². The topological polar surface area (TPSA) is 186 Å². The summed E-state index contributed by atoms with van der Waals surface area (Å²) in [5.41, 5.74) is 0.0353. The molecule has 2 heterocycles. The lowest BCUT2D eigenvalue weighted by Crippen LogP contribution is -2.32. The van der Waals surface area contributed by atoms with Crippen molar-refractivity contribution in [3.05, 3.63) is 16.7 Å². The van der Waals surface area contributed by atoms with Crippen molar-refractivity contribution in [2.45, 2.75) is 92.1 Å². The van der Waals surface area contributed by atoms with Crippen LogP contribution < -0.4 is 10.9 Å². The van der Waals surface area contributed by atoms with Gasteiger partial charge in [-0.15, -0.1) is 0 Å². The third kappa shape index (κ3) is 12.7. The molecular formula is C27H49N7O8P2. The molecule has 0 bridgehead atoms. The number of hydrogen-bond acceptors (Lipinski definition) is 12. The predicted octanol–water partition coefficient (Wildman–Crippen LogP) is 4.86. The van der Waals surface area contributed by atoms with Crippen molar-refractivity contribution in [1.82, 2.24) is 24.2 Å². The fourth-order valence-corrected chi connectivity index (χ4v) is 5.81. The Balaban J connectivity index is 0.000000582. The Bertz CT molecular complexity index is 1210. The second kappa shape index (κ2) is 20.8. The van der Waals surface area contributed by atoms with Gasteiger partial charge in [-0.05, 0) is 34.1 Å². The number of rotatable bonds is 18. The van der Waals surface area contributed by atoms with Crippen LogP contribution >= 0.6 is 16.9 Å². The molecular weight excluding hydrogens is 612 g/mol. The number of ether oxygens (including phenoxy) is 2. The van der Waals surface area contributed by atoms with E-state index in [1.54, 1.807) is 39.7 Å². The summed E-state index contributed by atoms with van der Waals surface area (Å²) >= 11 is 0. The fraction of sp³-hybridized carbons (Fsp3) is 0.741. The highest BCUT2D eigenvalue weighted by molar-refractivity contribution is 7.46. The second-order valence-electron chi connectivity index (χ2n) is 10.4. The minimum atomic E-state index is -1.55. The summed E-state index contributed by atoms with van der Waals surface area (Å²) < 4.78 is 30.8. The molecule has 0 fully saturated rings. The minimum Gasteiger partial charge on any atom is -0.369 e. The minimum absolute atomic E-state index is 0.0666. The Morgan fingerprint density at radius 1 is 1.18 bits per heavy atom. The van der Waals surface area contributed by atoms with Gasteiger partial charge in [-0.1, -0.05) is 20.8 Å². The number of hydrogen-bond donors (Lipinski definition) is 3. The fourth-order valence-electron chi connectivity index (χ4n) is 3.94. The molecule has 2 aromatic heterocycles. The molecule has 3 atom stereocenters. The first-order chi connectivity index (χ1) is 20.8. The van der Waals surface area contributed by atoms with Gasteiger partial charge in [0.25, 0.3) is 14.1 Å². The number of methoxy groups -OCH3 is 1. The first-order valence-electron chi connectivity index (χ1n) is 14.4. The van der Waals surface area contributed by atoms with Gasteiger partial charge in [-0.3, -0.25) is 24.5 Å². The largest absolute Gasteiger partial charge is 0.369 e. The second-order valence-corrected chi connectivity index (χ2v) is 13.3. The van der Waals surface area contributed by atoms with E-state index in [0.717, 1.165) is 6.42 Å². The number of amides is 1. The number of anilines is 1. The van der Waals surface area contributed by atoms with Gasteiger partial charge in [-0.25, -0.2) is 9.65 Å². The summed E-state index contributed by atoms with van der Waals surface area (Å²) in [6.07, 6.45) is 2.79. The number of aromatic amines is 1. The first kappa shape index (κ1) is 39.9. The number of imidazole rings is 1. The van der Waals surface area contributed by atoms with E-state index in [1.807, 2.05) is 45.4 Å².